The lowest BCUT2D eigenvalue weighted by Gasteiger charge is -2.11. The summed E-state index contributed by atoms with van der Waals surface area (Å²) in [6.45, 7) is 1.79. The number of aromatic nitrogens is 2. The van der Waals surface area contributed by atoms with Gasteiger partial charge in [0.15, 0.2) is 5.69 Å². The van der Waals surface area contributed by atoms with Crippen molar-refractivity contribution in [2.45, 2.75) is 6.92 Å². The van der Waals surface area contributed by atoms with E-state index in [1.54, 1.807) is 41.9 Å². The van der Waals surface area contributed by atoms with Crippen LogP contribution in [-0.4, -0.2) is 15.7 Å². The third kappa shape index (κ3) is 3.77. The number of primary amides is 1. The maximum absolute atomic E-state index is 11.7. The van der Waals surface area contributed by atoms with Gasteiger partial charge in [0, 0.05) is 21.2 Å². The molecule has 130 valence electrons. The lowest BCUT2D eigenvalue weighted by molar-refractivity contribution is 0.0994. The molecule has 0 radical (unpaired) electrons. The molecule has 25 heavy (non-hydrogen) atoms. The minimum absolute atomic E-state index is 0. The Morgan fingerprint density at radius 1 is 1.04 bits per heavy atom. The van der Waals surface area contributed by atoms with Gasteiger partial charge in [0.1, 0.15) is 0 Å². The second-order valence-corrected chi connectivity index (χ2v) is 6.48. The summed E-state index contributed by atoms with van der Waals surface area (Å²) < 4.78 is 1.59. The van der Waals surface area contributed by atoms with Crippen molar-refractivity contribution in [1.29, 1.82) is 0 Å². The van der Waals surface area contributed by atoms with E-state index in [0.29, 0.717) is 32.0 Å². The van der Waals surface area contributed by atoms with Gasteiger partial charge in [-0.25, -0.2) is 4.68 Å². The quantitative estimate of drug-likeness (QED) is 0.627. The van der Waals surface area contributed by atoms with Crippen molar-refractivity contribution in [2.24, 2.45) is 5.73 Å². The second-order valence-electron chi connectivity index (χ2n) is 5.20. The van der Waals surface area contributed by atoms with E-state index >= 15 is 0 Å². The average molecular weight is 417 g/mol. The first-order valence-corrected chi connectivity index (χ1v) is 8.12. The van der Waals surface area contributed by atoms with Crippen LogP contribution in [-0.2, 0) is 0 Å². The molecule has 0 spiro atoms. The summed E-state index contributed by atoms with van der Waals surface area (Å²) in [5.41, 5.74) is 8.45. The van der Waals surface area contributed by atoms with Crippen molar-refractivity contribution in [2.75, 3.05) is 0 Å². The number of hydrogen-bond acceptors (Lipinski definition) is 2. The SMILES string of the molecule is Cc1c(C(N)=O)nn(-c2ccc(Cl)cc2Cl)c1-c1ccc(Cl)cc1.Cl. The number of nitrogens with zero attached hydrogens (tertiary/aromatic N) is 2. The highest BCUT2D eigenvalue weighted by atomic mass is 35.5. The molecule has 8 heteroatoms. The zero-order valence-electron chi connectivity index (χ0n) is 13.0. The summed E-state index contributed by atoms with van der Waals surface area (Å²) in [5, 5.41) is 5.89. The fourth-order valence-electron chi connectivity index (χ4n) is 2.50. The first kappa shape index (κ1) is 19.6. The number of amides is 1. The van der Waals surface area contributed by atoms with E-state index in [4.69, 9.17) is 40.5 Å². The molecule has 1 amide bonds. The first-order valence-electron chi connectivity index (χ1n) is 6.99. The number of carbonyl (C=O) groups is 1. The summed E-state index contributed by atoms with van der Waals surface area (Å²) in [4.78, 5) is 11.7. The second kappa shape index (κ2) is 7.67. The monoisotopic (exact) mass is 415 g/mol. The highest BCUT2D eigenvalue weighted by Gasteiger charge is 2.21. The molecule has 0 atom stereocenters. The van der Waals surface area contributed by atoms with Crippen LogP contribution in [0.5, 0.6) is 0 Å². The lowest BCUT2D eigenvalue weighted by Crippen LogP contribution is -2.13. The molecule has 3 rings (SSSR count). The molecular weight excluding hydrogens is 404 g/mol. The summed E-state index contributed by atoms with van der Waals surface area (Å²) in [7, 11) is 0. The van der Waals surface area contributed by atoms with Crippen molar-refractivity contribution in [1.82, 2.24) is 9.78 Å². The topological polar surface area (TPSA) is 60.9 Å². The molecule has 4 nitrogen and oxygen atoms in total. The predicted molar refractivity (Wildman–Crippen MR) is 105 cm³/mol. The molecular formula is C17H13Cl4N3O. The van der Waals surface area contributed by atoms with Crippen molar-refractivity contribution in [3.63, 3.8) is 0 Å². The normalized spacial score (nSPS) is 10.4. The van der Waals surface area contributed by atoms with Crippen LogP contribution in [0, 0.1) is 6.92 Å². The minimum atomic E-state index is -0.605. The molecule has 2 N–H and O–H groups in total. The number of hydrogen-bond donors (Lipinski definition) is 1. The highest BCUT2D eigenvalue weighted by molar-refractivity contribution is 6.35. The average Bonchev–Trinajstić information content (AvgIpc) is 2.86. The van der Waals surface area contributed by atoms with Crippen LogP contribution in [0.15, 0.2) is 42.5 Å². The Labute approximate surface area is 165 Å². The van der Waals surface area contributed by atoms with E-state index in [2.05, 4.69) is 5.10 Å². The Morgan fingerprint density at radius 3 is 2.20 bits per heavy atom. The van der Waals surface area contributed by atoms with Crippen LogP contribution in [0.4, 0.5) is 0 Å². The fraction of sp³-hybridized carbons (Fsp3) is 0.0588. The molecule has 3 aromatic rings. The van der Waals surface area contributed by atoms with Gasteiger partial charge in [0.05, 0.1) is 16.4 Å². The Kier molecular flexibility index (Phi) is 6.01. The van der Waals surface area contributed by atoms with Gasteiger partial charge in [-0.15, -0.1) is 12.4 Å². The van der Waals surface area contributed by atoms with Crippen molar-refractivity contribution in [3.05, 3.63) is 68.8 Å². The smallest absolute Gasteiger partial charge is 0.269 e. The van der Waals surface area contributed by atoms with Gasteiger partial charge in [-0.3, -0.25) is 4.79 Å². The van der Waals surface area contributed by atoms with Gasteiger partial charge >= 0.3 is 0 Å². The molecule has 0 aliphatic carbocycles. The molecule has 2 aromatic carbocycles. The molecule has 0 saturated carbocycles. The summed E-state index contributed by atoms with van der Waals surface area (Å²) in [6, 6.07) is 12.3. The largest absolute Gasteiger partial charge is 0.364 e. The Balaban J connectivity index is 0.00000225. The first-order chi connectivity index (χ1) is 11.4. The summed E-state index contributed by atoms with van der Waals surface area (Å²) in [5.74, 6) is -0.605. The van der Waals surface area contributed by atoms with E-state index in [0.717, 1.165) is 5.56 Å². The van der Waals surface area contributed by atoms with E-state index in [9.17, 15) is 4.79 Å². The minimum Gasteiger partial charge on any atom is -0.364 e. The maximum Gasteiger partial charge on any atom is 0.269 e. The molecule has 0 aliphatic rings. The van der Waals surface area contributed by atoms with Crippen LogP contribution < -0.4 is 5.73 Å². The third-order valence-corrected chi connectivity index (χ3v) is 4.40. The summed E-state index contributed by atoms with van der Waals surface area (Å²) >= 11 is 18.2. The van der Waals surface area contributed by atoms with Crippen molar-refractivity contribution in [3.8, 4) is 16.9 Å². The zero-order chi connectivity index (χ0) is 17.4. The maximum atomic E-state index is 11.7. The predicted octanol–water partition coefficient (Wildman–Crippen LogP) is 5.33. The number of carbonyl (C=O) groups excluding carboxylic acids is 1. The molecule has 0 aliphatic heterocycles. The highest BCUT2D eigenvalue weighted by Crippen LogP contribution is 2.33. The number of halogens is 4. The standard InChI is InChI=1S/C17H12Cl3N3O.ClH/c1-9-15(17(21)24)22-23(14-7-6-12(19)8-13(14)20)16(9)10-2-4-11(18)5-3-10;/h2-8H,1H3,(H2,21,24);1H. The van der Waals surface area contributed by atoms with Crippen molar-refractivity contribution >= 4 is 53.1 Å². The lowest BCUT2D eigenvalue weighted by atomic mass is 10.1. The van der Waals surface area contributed by atoms with Crippen molar-refractivity contribution < 1.29 is 4.79 Å². The molecule has 0 bridgehead atoms. The van der Waals surface area contributed by atoms with Crippen LogP contribution in [0.2, 0.25) is 15.1 Å². The zero-order valence-corrected chi connectivity index (χ0v) is 16.0. The third-order valence-electron chi connectivity index (χ3n) is 3.61. The van der Waals surface area contributed by atoms with E-state index < -0.39 is 5.91 Å². The number of benzene rings is 2. The fourth-order valence-corrected chi connectivity index (χ4v) is 3.12. The number of rotatable bonds is 3. The van der Waals surface area contributed by atoms with E-state index in [-0.39, 0.29) is 18.1 Å². The van der Waals surface area contributed by atoms with Crippen LogP contribution in [0.25, 0.3) is 16.9 Å². The molecule has 1 heterocycles. The van der Waals surface area contributed by atoms with Crippen LogP contribution >= 0.6 is 47.2 Å². The number of nitrogens with two attached hydrogens (primary N) is 1. The summed E-state index contributed by atoms with van der Waals surface area (Å²) in [6.07, 6.45) is 0. The molecule has 0 unspecified atom stereocenters. The molecule has 0 fully saturated rings. The van der Waals surface area contributed by atoms with Crippen LogP contribution in [0.1, 0.15) is 16.1 Å². The van der Waals surface area contributed by atoms with Gasteiger partial charge in [0.2, 0.25) is 0 Å². The van der Waals surface area contributed by atoms with E-state index in [1.165, 1.54) is 0 Å². The Bertz CT molecular complexity index is 936. The Morgan fingerprint density at radius 2 is 1.64 bits per heavy atom. The van der Waals surface area contributed by atoms with Gasteiger partial charge < -0.3 is 5.73 Å². The van der Waals surface area contributed by atoms with E-state index in [1.807, 2.05) is 12.1 Å². The van der Waals surface area contributed by atoms with Crippen LogP contribution in [0.3, 0.4) is 0 Å². The van der Waals surface area contributed by atoms with Gasteiger partial charge in [-0.1, -0.05) is 46.9 Å². The van der Waals surface area contributed by atoms with Gasteiger partial charge in [-0.2, -0.15) is 5.10 Å². The van der Waals surface area contributed by atoms with Gasteiger partial charge in [-0.05, 0) is 37.3 Å². The van der Waals surface area contributed by atoms with Gasteiger partial charge in [0.25, 0.3) is 5.91 Å². The Hall–Kier alpha value is -1.72. The molecule has 0 saturated heterocycles. The molecule has 1 aromatic heterocycles.